The topological polar surface area (TPSA) is 58.5 Å². The molecule has 0 spiro atoms. The van der Waals surface area contributed by atoms with E-state index < -0.39 is 0 Å². The van der Waals surface area contributed by atoms with E-state index in [-0.39, 0.29) is 0 Å². The van der Waals surface area contributed by atoms with E-state index in [9.17, 15) is 0 Å². The summed E-state index contributed by atoms with van der Waals surface area (Å²) in [6.45, 7) is 2.99. The van der Waals surface area contributed by atoms with Gasteiger partial charge in [-0.25, -0.2) is 9.97 Å². The smallest absolute Gasteiger partial charge is 0.108 e. The van der Waals surface area contributed by atoms with Crippen molar-refractivity contribution >= 4 is 11.0 Å². The second-order valence-electron chi connectivity index (χ2n) is 5.07. The molecule has 0 aliphatic heterocycles. The molecule has 0 amide bonds. The molecule has 0 saturated carbocycles. The molecule has 0 atom stereocenters. The molecule has 0 bridgehead atoms. The van der Waals surface area contributed by atoms with Gasteiger partial charge in [0.2, 0.25) is 0 Å². The van der Waals surface area contributed by atoms with Gasteiger partial charge < -0.3 is 14.9 Å². The summed E-state index contributed by atoms with van der Waals surface area (Å²) in [5, 5.41) is 3.14. The Bertz CT molecular complexity index is 738. The standard InChI is InChI=1S/C15H19N5/c1-10-15(19-14(18-10)6-7-16-2)11-4-5-13-12(8-11)17-9-20(13)3/h4-5,8-9,16H,6-7H2,1-3H3,(H,18,19). The minimum atomic E-state index is 0.906. The summed E-state index contributed by atoms with van der Waals surface area (Å²) >= 11 is 0. The third kappa shape index (κ3) is 2.20. The number of nitrogens with zero attached hydrogens (tertiary/aromatic N) is 3. The van der Waals surface area contributed by atoms with Crippen molar-refractivity contribution in [2.75, 3.05) is 13.6 Å². The molecule has 3 rings (SSSR count). The van der Waals surface area contributed by atoms with Gasteiger partial charge in [0.05, 0.1) is 23.1 Å². The van der Waals surface area contributed by atoms with Gasteiger partial charge in [0.25, 0.3) is 0 Å². The Morgan fingerprint density at radius 3 is 3.00 bits per heavy atom. The first kappa shape index (κ1) is 12.9. The lowest BCUT2D eigenvalue weighted by atomic mass is 10.1. The quantitative estimate of drug-likeness (QED) is 0.762. The van der Waals surface area contributed by atoms with Gasteiger partial charge in [-0.15, -0.1) is 0 Å². The van der Waals surface area contributed by atoms with Crippen LogP contribution in [0.25, 0.3) is 22.3 Å². The number of imidazole rings is 2. The van der Waals surface area contributed by atoms with Gasteiger partial charge in [-0.3, -0.25) is 0 Å². The van der Waals surface area contributed by atoms with Crippen molar-refractivity contribution in [1.29, 1.82) is 0 Å². The Morgan fingerprint density at radius 1 is 1.35 bits per heavy atom. The van der Waals surface area contributed by atoms with Crippen LogP contribution in [0.2, 0.25) is 0 Å². The molecule has 2 N–H and O–H groups in total. The zero-order valence-electron chi connectivity index (χ0n) is 12.1. The molecule has 0 aliphatic rings. The Hall–Kier alpha value is -2.14. The fraction of sp³-hybridized carbons (Fsp3) is 0.333. The van der Waals surface area contributed by atoms with E-state index in [0.717, 1.165) is 46.8 Å². The summed E-state index contributed by atoms with van der Waals surface area (Å²) in [5.74, 6) is 1.02. The molecule has 0 fully saturated rings. The maximum absolute atomic E-state index is 4.70. The summed E-state index contributed by atoms with van der Waals surface area (Å²) in [6.07, 6.45) is 2.74. The number of aryl methyl sites for hydroxylation is 2. The fourth-order valence-corrected chi connectivity index (χ4v) is 2.45. The van der Waals surface area contributed by atoms with Crippen LogP contribution in [-0.4, -0.2) is 33.1 Å². The first-order valence-corrected chi connectivity index (χ1v) is 6.80. The van der Waals surface area contributed by atoms with Gasteiger partial charge in [-0.05, 0) is 26.1 Å². The second kappa shape index (κ2) is 5.09. The summed E-state index contributed by atoms with van der Waals surface area (Å²) in [7, 11) is 3.95. The Balaban J connectivity index is 1.99. The molecule has 1 aromatic carbocycles. The highest BCUT2D eigenvalue weighted by Gasteiger charge is 2.10. The van der Waals surface area contributed by atoms with Crippen LogP contribution >= 0.6 is 0 Å². The van der Waals surface area contributed by atoms with Crippen LogP contribution in [0.3, 0.4) is 0 Å². The van der Waals surface area contributed by atoms with Gasteiger partial charge in [-0.1, -0.05) is 6.07 Å². The molecule has 2 heterocycles. The third-order valence-corrected chi connectivity index (χ3v) is 3.54. The number of likely N-dealkylation sites (N-methyl/N-ethyl adjacent to an activating group) is 1. The lowest BCUT2D eigenvalue weighted by Crippen LogP contribution is -2.11. The minimum absolute atomic E-state index is 0.906. The summed E-state index contributed by atoms with van der Waals surface area (Å²) in [5.41, 5.74) is 5.37. The number of hydrogen-bond acceptors (Lipinski definition) is 3. The average molecular weight is 269 g/mol. The van der Waals surface area contributed by atoms with E-state index >= 15 is 0 Å². The van der Waals surface area contributed by atoms with Crippen molar-refractivity contribution < 1.29 is 0 Å². The molecular formula is C15H19N5. The maximum Gasteiger partial charge on any atom is 0.108 e. The SMILES string of the molecule is CNCCc1nc(-c2ccc3c(c2)ncn3C)c(C)[nH]1. The van der Waals surface area contributed by atoms with E-state index in [1.807, 2.05) is 25.0 Å². The van der Waals surface area contributed by atoms with Crippen molar-refractivity contribution in [1.82, 2.24) is 24.8 Å². The molecule has 0 unspecified atom stereocenters. The van der Waals surface area contributed by atoms with Crippen LogP contribution in [0.5, 0.6) is 0 Å². The zero-order chi connectivity index (χ0) is 14.1. The van der Waals surface area contributed by atoms with Crippen LogP contribution in [0, 0.1) is 6.92 Å². The van der Waals surface area contributed by atoms with Crippen molar-refractivity contribution in [3.63, 3.8) is 0 Å². The summed E-state index contributed by atoms with van der Waals surface area (Å²) in [6, 6.07) is 6.30. The number of aromatic amines is 1. The number of aromatic nitrogens is 4. The van der Waals surface area contributed by atoms with E-state index in [0.29, 0.717) is 0 Å². The van der Waals surface area contributed by atoms with Gasteiger partial charge in [0, 0.05) is 31.3 Å². The highest BCUT2D eigenvalue weighted by atomic mass is 15.0. The molecule has 3 aromatic rings. The highest BCUT2D eigenvalue weighted by Crippen LogP contribution is 2.24. The van der Waals surface area contributed by atoms with Gasteiger partial charge in [-0.2, -0.15) is 0 Å². The monoisotopic (exact) mass is 269 g/mol. The summed E-state index contributed by atoms with van der Waals surface area (Å²) < 4.78 is 2.02. The molecule has 20 heavy (non-hydrogen) atoms. The van der Waals surface area contributed by atoms with Crippen LogP contribution < -0.4 is 5.32 Å². The first-order valence-electron chi connectivity index (χ1n) is 6.80. The molecule has 5 heteroatoms. The second-order valence-corrected chi connectivity index (χ2v) is 5.07. The zero-order valence-corrected chi connectivity index (χ0v) is 12.1. The maximum atomic E-state index is 4.70. The molecule has 0 radical (unpaired) electrons. The van der Waals surface area contributed by atoms with E-state index in [1.165, 1.54) is 0 Å². The first-order chi connectivity index (χ1) is 9.69. The Morgan fingerprint density at radius 2 is 2.20 bits per heavy atom. The minimum Gasteiger partial charge on any atom is -0.346 e. The summed E-state index contributed by atoms with van der Waals surface area (Å²) in [4.78, 5) is 12.5. The van der Waals surface area contributed by atoms with Gasteiger partial charge in [0.1, 0.15) is 5.82 Å². The third-order valence-electron chi connectivity index (χ3n) is 3.54. The molecule has 104 valence electrons. The van der Waals surface area contributed by atoms with Crippen molar-refractivity contribution in [2.24, 2.45) is 7.05 Å². The van der Waals surface area contributed by atoms with Crippen LogP contribution in [0.15, 0.2) is 24.5 Å². The predicted octanol–water partition coefficient (Wildman–Crippen LogP) is 2.03. The number of benzene rings is 1. The number of H-pyrrole nitrogens is 1. The average Bonchev–Trinajstić information content (AvgIpc) is 3.00. The van der Waals surface area contributed by atoms with Crippen LogP contribution in [0.1, 0.15) is 11.5 Å². The van der Waals surface area contributed by atoms with Crippen LogP contribution in [-0.2, 0) is 13.5 Å². The normalized spacial score (nSPS) is 11.3. The Labute approximate surface area is 118 Å². The molecule has 5 nitrogen and oxygen atoms in total. The number of nitrogens with one attached hydrogen (secondary N) is 2. The van der Waals surface area contributed by atoms with E-state index in [4.69, 9.17) is 4.98 Å². The molecular weight excluding hydrogens is 250 g/mol. The molecule has 0 saturated heterocycles. The van der Waals surface area contributed by atoms with E-state index in [1.54, 1.807) is 0 Å². The van der Waals surface area contributed by atoms with Gasteiger partial charge in [0.15, 0.2) is 0 Å². The van der Waals surface area contributed by atoms with Crippen molar-refractivity contribution in [3.8, 4) is 11.3 Å². The highest BCUT2D eigenvalue weighted by molar-refractivity contribution is 5.81. The lowest BCUT2D eigenvalue weighted by molar-refractivity contribution is 0.763. The van der Waals surface area contributed by atoms with Crippen molar-refractivity contribution in [3.05, 3.63) is 36.0 Å². The number of rotatable bonds is 4. The predicted molar refractivity (Wildman–Crippen MR) is 80.7 cm³/mol. The lowest BCUT2D eigenvalue weighted by Gasteiger charge is -2.00. The van der Waals surface area contributed by atoms with Crippen LogP contribution in [0.4, 0.5) is 0 Å². The number of hydrogen-bond donors (Lipinski definition) is 2. The largest absolute Gasteiger partial charge is 0.346 e. The molecule has 0 aliphatic carbocycles. The Kier molecular flexibility index (Phi) is 3.28. The van der Waals surface area contributed by atoms with Crippen molar-refractivity contribution in [2.45, 2.75) is 13.3 Å². The van der Waals surface area contributed by atoms with Gasteiger partial charge >= 0.3 is 0 Å². The van der Waals surface area contributed by atoms with E-state index in [2.05, 4.69) is 40.4 Å². The fourth-order valence-electron chi connectivity index (χ4n) is 2.45. The molecule has 2 aromatic heterocycles. The number of fused-ring (bicyclic) bond motifs is 1.